The standard InChI is InChI=1S/C13H17N3O2/c1-17-13(18-2)9-14-11-5-3-10(4-6-11)12-7-8-15-16-12/h3-8,13-14H,9H2,1-2H3,(H,15,16). The first-order valence-corrected chi connectivity index (χ1v) is 5.72. The van der Waals surface area contributed by atoms with E-state index in [9.17, 15) is 0 Å². The molecule has 0 unspecified atom stereocenters. The van der Waals surface area contributed by atoms with Crippen LogP contribution in [0, 0.1) is 0 Å². The predicted octanol–water partition coefficient (Wildman–Crippen LogP) is 2.11. The van der Waals surface area contributed by atoms with Crippen LogP contribution < -0.4 is 5.32 Å². The summed E-state index contributed by atoms with van der Waals surface area (Å²) in [6.45, 7) is 0.608. The summed E-state index contributed by atoms with van der Waals surface area (Å²) in [6, 6.07) is 10.0. The van der Waals surface area contributed by atoms with Crippen molar-refractivity contribution >= 4 is 5.69 Å². The minimum atomic E-state index is -0.239. The van der Waals surface area contributed by atoms with Gasteiger partial charge in [0, 0.05) is 26.1 Å². The number of methoxy groups -OCH3 is 2. The summed E-state index contributed by atoms with van der Waals surface area (Å²) >= 11 is 0. The van der Waals surface area contributed by atoms with Crippen LogP contribution in [0.2, 0.25) is 0 Å². The number of aromatic nitrogens is 2. The summed E-state index contributed by atoms with van der Waals surface area (Å²) in [6.07, 6.45) is 1.50. The highest BCUT2D eigenvalue weighted by Crippen LogP contribution is 2.18. The van der Waals surface area contributed by atoms with Crippen LogP contribution in [0.4, 0.5) is 5.69 Å². The molecule has 18 heavy (non-hydrogen) atoms. The molecule has 2 N–H and O–H groups in total. The molecule has 0 aliphatic carbocycles. The summed E-state index contributed by atoms with van der Waals surface area (Å²) in [5.74, 6) is 0. The summed E-state index contributed by atoms with van der Waals surface area (Å²) in [5, 5.41) is 10.1. The van der Waals surface area contributed by atoms with Gasteiger partial charge in [0.15, 0.2) is 6.29 Å². The van der Waals surface area contributed by atoms with Crippen molar-refractivity contribution in [3.8, 4) is 11.3 Å². The maximum Gasteiger partial charge on any atom is 0.173 e. The minimum absolute atomic E-state index is 0.239. The number of aromatic amines is 1. The molecule has 1 heterocycles. The van der Waals surface area contributed by atoms with Crippen LogP contribution in [-0.4, -0.2) is 37.3 Å². The Morgan fingerprint density at radius 1 is 1.17 bits per heavy atom. The van der Waals surface area contributed by atoms with Crippen molar-refractivity contribution in [2.75, 3.05) is 26.1 Å². The third-order valence-corrected chi connectivity index (χ3v) is 2.70. The Balaban J connectivity index is 1.96. The Bertz CT molecular complexity index is 450. The van der Waals surface area contributed by atoms with E-state index in [0.717, 1.165) is 16.9 Å². The summed E-state index contributed by atoms with van der Waals surface area (Å²) in [5.41, 5.74) is 3.14. The lowest BCUT2D eigenvalue weighted by molar-refractivity contribution is -0.0914. The van der Waals surface area contributed by atoms with Crippen molar-refractivity contribution in [3.63, 3.8) is 0 Å². The van der Waals surface area contributed by atoms with E-state index in [2.05, 4.69) is 15.5 Å². The SMILES string of the molecule is COC(CNc1ccc(-c2ccn[nH]2)cc1)OC. The van der Waals surface area contributed by atoms with E-state index in [-0.39, 0.29) is 6.29 Å². The number of ether oxygens (including phenoxy) is 2. The van der Waals surface area contributed by atoms with E-state index in [0.29, 0.717) is 6.54 Å². The zero-order valence-electron chi connectivity index (χ0n) is 10.5. The van der Waals surface area contributed by atoms with E-state index >= 15 is 0 Å². The average Bonchev–Trinajstić information content (AvgIpc) is 2.94. The van der Waals surface area contributed by atoms with Gasteiger partial charge in [-0.3, -0.25) is 5.10 Å². The molecular weight excluding hydrogens is 230 g/mol. The first-order valence-electron chi connectivity index (χ1n) is 5.72. The number of nitrogens with zero attached hydrogens (tertiary/aromatic N) is 1. The third kappa shape index (κ3) is 3.09. The van der Waals surface area contributed by atoms with E-state index in [1.54, 1.807) is 20.4 Å². The third-order valence-electron chi connectivity index (χ3n) is 2.70. The van der Waals surface area contributed by atoms with Crippen LogP contribution in [0.25, 0.3) is 11.3 Å². The van der Waals surface area contributed by atoms with E-state index in [4.69, 9.17) is 9.47 Å². The number of hydrogen-bond acceptors (Lipinski definition) is 4. The van der Waals surface area contributed by atoms with Crippen molar-refractivity contribution in [2.24, 2.45) is 0 Å². The molecule has 5 heteroatoms. The predicted molar refractivity (Wildman–Crippen MR) is 70.3 cm³/mol. The highest BCUT2D eigenvalue weighted by molar-refractivity contribution is 5.62. The highest BCUT2D eigenvalue weighted by Gasteiger charge is 2.04. The van der Waals surface area contributed by atoms with E-state index in [1.165, 1.54) is 0 Å². The fraction of sp³-hybridized carbons (Fsp3) is 0.308. The first kappa shape index (κ1) is 12.6. The Kier molecular flexibility index (Phi) is 4.33. The molecule has 0 amide bonds. The summed E-state index contributed by atoms with van der Waals surface area (Å²) in [7, 11) is 3.24. The van der Waals surface area contributed by atoms with Gasteiger partial charge >= 0.3 is 0 Å². The average molecular weight is 247 g/mol. The smallest absolute Gasteiger partial charge is 0.173 e. The van der Waals surface area contributed by atoms with Gasteiger partial charge in [-0.05, 0) is 23.8 Å². The molecule has 0 spiro atoms. The molecule has 0 aliphatic heterocycles. The summed E-state index contributed by atoms with van der Waals surface area (Å²) in [4.78, 5) is 0. The van der Waals surface area contributed by atoms with Crippen molar-refractivity contribution in [3.05, 3.63) is 36.5 Å². The van der Waals surface area contributed by atoms with Crippen molar-refractivity contribution in [2.45, 2.75) is 6.29 Å². The normalized spacial score (nSPS) is 10.8. The lowest BCUT2D eigenvalue weighted by Crippen LogP contribution is -2.23. The molecule has 1 aromatic carbocycles. The molecule has 0 aliphatic rings. The number of anilines is 1. The molecule has 2 rings (SSSR count). The number of rotatable bonds is 6. The highest BCUT2D eigenvalue weighted by atomic mass is 16.7. The fourth-order valence-corrected chi connectivity index (χ4v) is 1.65. The number of benzene rings is 1. The Labute approximate surface area is 106 Å². The molecule has 96 valence electrons. The molecule has 0 bridgehead atoms. The monoisotopic (exact) mass is 247 g/mol. The maximum absolute atomic E-state index is 5.11. The van der Waals surface area contributed by atoms with Gasteiger partial charge in [0.2, 0.25) is 0 Å². The molecule has 0 saturated heterocycles. The Morgan fingerprint density at radius 3 is 2.44 bits per heavy atom. The minimum Gasteiger partial charge on any atom is -0.380 e. The van der Waals surface area contributed by atoms with Gasteiger partial charge in [-0.25, -0.2) is 0 Å². The van der Waals surface area contributed by atoms with Gasteiger partial charge in [-0.15, -0.1) is 0 Å². The van der Waals surface area contributed by atoms with Gasteiger partial charge < -0.3 is 14.8 Å². The fourth-order valence-electron chi connectivity index (χ4n) is 1.65. The maximum atomic E-state index is 5.11. The Morgan fingerprint density at radius 2 is 1.89 bits per heavy atom. The number of hydrogen-bond donors (Lipinski definition) is 2. The van der Waals surface area contributed by atoms with Crippen molar-refractivity contribution in [1.82, 2.24) is 10.2 Å². The summed E-state index contributed by atoms with van der Waals surface area (Å²) < 4.78 is 10.2. The second kappa shape index (κ2) is 6.18. The largest absolute Gasteiger partial charge is 0.380 e. The molecule has 2 aromatic rings. The van der Waals surface area contributed by atoms with Gasteiger partial charge in [-0.2, -0.15) is 5.10 Å². The van der Waals surface area contributed by atoms with Crippen LogP contribution in [-0.2, 0) is 9.47 Å². The lowest BCUT2D eigenvalue weighted by Gasteiger charge is -2.15. The first-order chi connectivity index (χ1) is 8.83. The number of H-pyrrole nitrogens is 1. The molecular formula is C13H17N3O2. The van der Waals surface area contributed by atoms with Gasteiger partial charge in [-0.1, -0.05) is 12.1 Å². The zero-order valence-corrected chi connectivity index (χ0v) is 10.5. The van der Waals surface area contributed by atoms with Gasteiger partial charge in [0.05, 0.1) is 12.2 Å². The molecule has 0 atom stereocenters. The van der Waals surface area contributed by atoms with Crippen molar-refractivity contribution < 1.29 is 9.47 Å². The number of nitrogens with one attached hydrogen (secondary N) is 2. The van der Waals surface area contributed by atoms with E-state index in [1.807, 2.05) is 30.3 Å². The van der Waals surface area contributed by atoms with Gasteiger partial charge in [0.1, 0.15) is 0 Å². The van der Waals surface area contributed by atoms with Crippen LogP contribution >= 0.6 is 0 Å². The van der Waals surface area contributed by atoms with Gasteiger partial charge in [0.25, 0.3) is 0 Å². The van der Waals surface area contributed by atoms with Crippen LogP contribution in [0.3, 0.4) is 0 Å². The van der Waals surface area contributed by atoms with E-state index < -0.39 is 0 Å². The molecule has 0 radical (unpaired) electrons. The van der Waals surface area contributed by atoms with Crippen LogP contribution in [0.15, 0.2) is 36.5 Å². The molecule has 0 saturated carbocycles. The van der Waals surface area contributed by atoms with Crippen LogP contribution in [0.5, 0.6) is 0 Å². The molecule has 0 fully saturated rings. The second-order valence-corrected chi connectivity index (χ2v) is 3.83. The topological polar surface area (TPSA) is 59.2 Å². The lowest BCUT2D eigenvalue weighted by atomic mass is 10.1. The molecule has 1 aromatic heterocycles. The Hall–Kier alpha value is -1.85. The quantitative estimate of drug-likeness (QED) is 0.767. The second-order valence-electron chi connectivity index (χ2n) is 3.83. The van der Waals surface area contributed by atoms with Crippen LogP contribution in [0.1, 0.15) is 0 Å². The zero-order chi connectivity index (χ0) is 12.8. The molecule has 5 nitrogen and oxygen atoms in total. The van der Waals surface area contributed by atoms with Crippen molar-refractivity contribution in [1.29, 1.82) is 0 Å².